The Morgan fingerprint density at radius 3 is 3.07 bits per heavy atom. The molecule has 2 atom stereocenters. The summed E-state index contributed by atoms with van der Waals surface area (Å²) in [7, 11) is 0. The van der Waals surface area contributed by atoms with Gasteiger partial charge in [0.1, 0.15) is 0 Å². The highest BCUT2D eigenvalue weighted by Crippen LogP contribution is 2.24. The maximum absolute atomic E-state index is 5.69. The highest BCUT2D eigenvalue weighted by molar-refractivity contribution is 5.10. The summed E-state index contributed by atoms with van der Waals surface area (Å²) in [6.07, 6.45) is 5.57. The van der Waals surface area contributed by atoms with Gasteiger partial charge in [-0.3, -0.25) is 5.84 Å². The van der Waals surface area contributed by atoms with Gasteiger partial charge in [0.15, 0.2) is 0 Å². The molecule has 0 amide bonds. The van der Waals surface area contributed by atoms with Gasteiger partial charge in [0.2, 0.25) is 0 Å². The lowest BCUT2D eigenvalue weighted by atomic mass is 10.0. The first-order chi connectivity index (χ1) is 6.92. The van der Waals surface area contributed by atoms with Gasteiger partial charge < -0.3 is 9.72 Å². The Kier molecular flexibility index (Phi) is 3.18. The van der Waals surface area contributed by atoms with Crippen LogP contribution >= 0.6 is 0 Å². The molecule has 1 fully saturated rings. The molecular formula is C10H17N3O. The molecule has 0 aromatic carbocycles. The Bertz CT molecular complexity index is 254. The number of hydrazine groups is 1. The van der Waals surface area contributed by atoms with Crippen LogP contribution < -0.4 is 11.3 Å². The van der Waals surface area contributed by atoms with E-state index in [1.807, 2.05) is 18.3 Å². The topological polar surface area (TPSA) is 63.1 Å². The highest BCUT2D eigenvalue weighted by Gasteiger charge is 2.25. The van der Waals surface area contributed by atoms with E-state index in [-0.39, 0.29) is 12.1 Å². The van der Waals surface area contributed by atoms with Gasteiger partial charge >= 0.3 is 0 Å². The molecule has 0 spiro atoms. The number of nitrogens with two attached hydrogens (primary N) is 1. The number of H-pyrrole nitrogens is 1. The van der Waals surface area contributed by atoms with E-state index in [0.717, 1.165) is 18.7 Å². The summed E-state index contributed by atoms with van der Waals surface area (Å²) in [6.45, 7) is 0.851. The Hall–Kier alpha value is -0.840. The first-order valence-corrected chi connectivity index (χ1v) is 5.13. The molecule has 78 valence electrons. The number of ether oxygens (including phenoxy) is 1. The fourth-order valence-corrected chi connectivity index (χ4v) is 1.96. The summed E-state index contributed by atoms with van der Waals surface area (Å²) in [5, 5.41) is 0. The van der Waals surface area contributed by atoms with E-state index in [1.165, 1.54) is 12.8 Å². The number of hydrogen-bond donors (Lipinski definition) is 3. The van der Waals surface area contributed by atoms with Crippen molar-refractivity contribution >= 4 is 0 Å². The molecule has 0 saturated carbocycles. The number of nitrogens with one attached hydrogen (secondary N) is 2. The van der Waals surface area contributed by atoms with E-state index in [0.29, 0.717) is 0 Å². The molecular weight excluding hydrogens is 178 g/mol. The molecule has 1 saturated heterocycles. The van der Waals surface area contributed by atoms with E-state index in [9.17, 15) is 0 Å². The predicted octanol–water partition coefficient (Wildman–Crippen LogP) is 1.09. The van der Waals surface area contributed by atoms with E-state index in [1.54, 1.807) is 0 Å². The van der Waals surface area contributed by atoms with E-state index in [2.05, 4.69) is 10.4 Å². The van der Waals surface area contributed by atoms with Crippen molar-refractivity contribution in [2.75, 3.05) is 6.61 Å². The molecule has 1 aromatic rings. The fraction of sp³-hybridized carbons (Fsp3) is 0.600. The SMILES string of the molecule is NNC(c1ccc[nH]1)C1CCCCO1. The van der Waals surface area contributed by atoms with Gasteiger partial charge in [-0.2, -0.15) is 0 Å². The zero-order chi connectivity index (χ0) is 9.80. The van der Waals surface area contributed by atoms with Gasteiger partial charge in [-0.05, 0) is 31.4 Å². The van der Waals surface area contributed by atoms with Crippen molar-refractivity contribution in [3.05, 3.63) is 24.0 Å². The maximum Gasteiger partial charge on any atom is 0.0871 e. The second kappa shape index (κ2) is 4.59. The Morgan fingerprint density at radius 2 is 2.50 bits per heavy atom. The average Bonchev–Trinajstić information content (AvgIpc) is 2.74. The summed E-state index contributed by atoms with van der Waals surface area (Å²) in [6, 6.07) is 4.09. The zero-order valence-electron chi connectivity index (χ0n) is 8.20. The minimum absolute atomic E-state index is 0.0882. The number of rotatable bonds is 3. The molecule has 1 aromatic heterocycles. The summed E-state index contributed by atoms with van der Waals surface area (Å²) in [5.41, 5.74) is 3.91. The Balaban J connectivity index is 2.04. The standard InChI is InChI=1S/C10H17N3O/c11-13-10(8-4-3-6-12-8)9-5-1-2-7-14-9/h3-4,6,9-10,12-13H,1-2,5,7,11H2. The normalized spacial score (nSPS) is 24.8. The number of aromatic amines is 1. The molecule has 1 aliphatic heterocycles. The Labute approximate surface area is 83.8 Å². The second-order valence-corrected chi connectivity index (χ2v) is 3.67. The molecule has 1 aliphatic rings. The fourth-order valence-electron chi connectivity index (χ4n) is 1.96. The van der Waals surface area contributed by atoms with Crippen LogP contribution in [0, 0.1) is 0 Å². The largest absolute Gasteiger partial charge is 0.376 e. The minimum Gasteiger partial charge on any atom is -0.376 e. The predicted molar refractivity (Wildman–Crippen MR) is 54.4 cm³/mol. The van der Waals surface area contributed by atoms with E-state index < -0.39 is 0 Å². The first kappa shape index (κ1) is 9.71. The van der Waals surface area contributed by atoms with Gasteiger partial charge in [0, 0.05) is 18.5 Å². The van der Waals surface area contributed by atoms with Crippen molar-refractivity contribution in [2.24, 2.45) is 5.84 Å². The third kappa shape index (κ3) is 1.97. The smallest absolute Gasteiger partial charge is 0.0871 e. The summed E-state index contributed by atoms with van der Waals surface area (Å²) in [5.74, 6) is 5.54. The van der Waals surface area contributed by atoms with Gasteiger partial charge in [0.05, 0.1) is 12.1 Å². The number of hydrogen-bond acceptors (Lipinski definition) is 3. The first-order valence-electron chi connectivity index (χ1n) is 5.13. The monoisotopic (exact) mass is 195 g/mol. The lowest BCUT2D eigenvalue weighted by Gasteiger charge is -2.29. The zero-order valence-corrected chi connectivity index (χ0v) is 8.20. The van der Waals surface area contributed by atoms with Gasteiger partial charge in [0.25, 0.3) is 0 Å². The molecule has 0 aliphatic carbocycles. The van der Waals surface area contributed by atoms with Gasteiger partial charge in [-0.1, -0.05) is 0 Å². The maximum atomic E-state index is 5.69. The van der Waals surface area contributed by atoms with Crippen molar-refractivity contribution < 1.29 is 4.74 Å². The quantitative estimate of drug-likeness (QED) is 0.499. The lowest BCUT2D eigenvalue weighted by Crippen LogP contribution is -2.39. The molecule has 4 nitrogen and oxygen atoms in total. The molecule has 2 unspecified atom stereocenters. The molecule has 4 heteroatoms. The molecule has 2 rings (SSSR count). The van der Waals surface area contributed by atoms with Crippen LogP contribution in [0.1, 0.15) is 31.0 Å². The second-order valence-electron chi connectivity index (χ2n) is 3.67. The van der Waals surface area contributed by atoms with Crippen LogP contribution in [0.4, 0.5) is 0 Å². The summed E-state index contributed by atoms with van der Waals surface area (Å²) < 4.78 is 5.69. The Morgan fingerprint density at radius 1 is 1.57 bits per heavy atom. The average molecular weight is 195 g/mol. The van der Waals surface area contributed by atoms with E-state index >= 15 is 0 Å². The molecule has 14 heavy (non-hydrogen) atoms. The van der Waals surface area contributed by atoms with E-state index in [4.69, 9.17) is 10.6 Å². The van der Waals surface area contributed by atoms with Crippen molar-refractivity contribution in [1.29, 1.82) is 0 Å². The van der Waals surface area contributed by atoms with Crippen LogP contribution in [0.15, 0.2) is 18.3 Å². The summed E-state index contributed by atoms with van der Waals surface area (Å²) in [4.78, 5) is 3.16. The summed E-state index contributed by atoms with van der Waals surface area (Å²) >= 11 is 0. The van der Waals surface area contributed by atoms with Gasteiger partial charge in [-0.15, -0.1) is 0 Å². The third-order valence-corrected chi connectivity index (χ3v) is 2.72. The van der Waals surface area contributed by atoms with Crippen LogP contribution in [0.5, 0.6) is 0 Å². The molecule has 4 N–H and O–H groups in total. The van der Waals surface area contributed by atoms with Crippen LogP contribution in [-0.2, 0) is 4.74 Å². The lowest BCUT2D eigenvalue weighted by molar-refractivity contribution is -0.00899. The minimum atomic E-state index is 0.0882. The molecule has 2 heterocycles. The van der Waals surface area contributed by atoms with Crippen molar-refractivity contribution in [3.63, 3.8) is 0 Å². The van der Waals surface area contributed by atoms with Crippen LogP contribution in [0.25, 0.3) is 0 Å². The number of aromatic nitrogens is 1. The van der Waals surface area contributed by atoms with Crippen molar-refractivity contribution in [3.8, 4) is 0 Å². The third-order valence-electron chi connectivity index (χ3n) is 2.72. The van der Waals surface area contributed by atoms with Crippen LogP contribution in [-0.4, -0.2) is 17.7 Å². The highest BCUT2D eigenvalue weighted by atomic mass is 16.5. The van der Waals surface area contributed by atoms with Crippen molar-refractivity contribution in [2.45, 2.75) is 31.4 Å². The van der Waals surface area contributed by atoms with Crippen LogP contribution in [0.2, 0.25) is 0 Å². The van der Waals surface area contributed by atoms with Crippen LogP contribution in [0.3, 0.4) is 0 Å². The molecule has 0 radical (unpaired) electrons. The molecule has 0 bridgehead atoms. The van der Waals surface area contributed by atoms with Crippen molar-refractivity contribution in [1.82, 2.24) is 10.4 Å². The van der Waals surface area contributed by atoms with Gasteiger partial charge in [-0.25, -0.2) is 5.43 Å².